The van der Waals surface area contributed by atoms with Gasteiger partial charge in [-0.05, 0) is 54.8 Å². The smallest absolute Gasteiger partial charge is 0.268 e. The fourth-order valence-corrected chi connectivity index (χ4v) is 4.11. The van der Waals surface area contributed by atoms with Crippen LogP contribution >= 0.6 is 11.8 Å². The first kappa shape index (κ1) is 18.4. The molecule has 1 aliphatic rings. The van der Waals surface area contributed by atoms with Crippen molar-refractivity contribution in [1.82, 2.24) is 4.90 Å². The van der Waals surface area contributed by atoms with Gasteiger partial charge in [0, 0.05) is 0 Å². The number of furan rings is 2. The largest absolute Gasteiger partial charge is 0.468 e. The van der Waals surface area contributed by atoms with Crippen molar-refractivity contribution in [3.8, 4) is 0 Å². The van der Waals surface area contributed by atoms with Crippen molar-refractivity contribution in [3.63, 3.8) is 0 Å². The van der Waals surface area contributed by atoms with E-state index in [1.165, 1.54) is 22.9 Å². The average Bonchev–Trinajstić information content (AvgIpc) is 3.41. The van der Waals surface area contributed by atoms with Gasteiger partial charge >= 0.3 is 0 Å². The summed E-state index contributed by atoms with van der Waals surface area (Å²) in [6.45, 7) is 4.13. The van der Waals surface area contributed by atoms with Crippen LogP contribution in [0.2, 0.25) is 0 Å². The molecular weight excluding hydrogens is 374 g/mol. The van der Waals surface area contributed by atoms with Gasteiger partial charge in [-0.15, -0.1) is 11.8 Å². The highest BCUT2D eigenvalue weighted by Gasteiger charge is 2.39. The molecule has 6 heteroatoms. The zero-order valence-electron chi connectivity index (χ0n) is 15.6. The Balaban J connectivity index is 1.71. The summed E-state index contributed by atoms with van der Waals surface area (Å²) in [5.74, 6) is 1.20. The molecule has 0 fully saturated rings. The number of hydrogen-bond donors (Lipinski definition) is 0. The Bertz CT molecular complexity index is 1050. The fraction of sp³-hybridized carbons (Fsp3) is 0.182. The second kappa shape index (κ2) is 7.56. The van der Waals surface area contributed by atoms with Crippen LogP contribution in [0.3, 0.4) is 0 Å². The van der Waals surface area contributed by atoms with Crippen molar-refractivity contribution in [2.24, 2.45) is 0 Å². The van der Waals surface area contributed by atoms with Crippen LogP contribution in [0.15, 0.2) is 68.7 Å². The molecule has 3 aromatic rings. The fourth-order valence-electron chi connectivity index (χ4n) is 3.08. The molecule has 2 amide bonds. The summed E-state index contributed by atoms with van der Waals surface area (Å²) in [7, 11) is 0. The summed E-state index contributed by atoms with van der Waals surface area (Å²) in [5.41, 5.74) is 3.41. The zero-order chi connectivity index (χ0) is 19.7. The number of carbonyl (C=O) groups is 2. The Morgan fingerprint density at radius 2 is 1.61 bits per heavy atom. The van der Waals surface area contributed by atoms with E-state index in [0.717, 1.165) is 22.5 Å². The van der Waals surface area contributed by atoms with Crippen molar-refractivity contribution in [2.45, 2.75) is 26.1 Å². The van der Waals surface area contributed by atoms with Crippen LogP contribution in [0, 0.1) is 13.8 Å². The quantitative estimate of drug-likeness (QED) is 0.568. The highest BCUT2D eigenvalue weighted by atomic mass is 32.2. The highest BCUT2D eigenvalue weighted by molar-refractivity contribution is 8.03. The maximum Gasteiger partial charge on any atom is 0.268 e. The maximum atomic E-state index is 13.2. The molecule has 1 aliphatic heterocycles. The van der Waals surface area contributed by atoms with E-state index in [2.05, 4.69) is 0 Å². The molecule has 0 saturated heterocycles. The van der Waals surface area contributed by atoms with Crippen LogP contribution in [0.25, 0.3) is 5.57 Å². The zero-order valence-corrected chi connectivity index (χ0v) is 16.4. The number of benzene rings is 1. The van der Waals surface area contributed by atoms with Gasteiger partial charge < -0.3 is 8.83 Å². The number of rotatable bonds is 6. The van der Waals surface area contributed by atoms with Crippen LogP contribution in [-0.2, 0) is 21.9 Å². The normalized spacial score (nSPS) is 14.4. The third-order valence-corrected chi connectivity index (χ3v) is 5.85. The van der Waals surface area contributed by atoms with E-state index in [9.17, 15) is 9.59 Å². The minimum absolute atomic E-state index is 0.115. The molecule has 0 unspecified atom stereocenters. The van der Waals surface area contributed by atoms with E-state index >= 15 is 0 Å². The summed E-state index contributed by atoms with van der Waals surface area (Å²) in [6.07, 6.45) is 3.13. The molecule has 5 nitrogen and oxygen atoms in total. The molecule has 0 bridgehead atoms. The van der Waals surface area contributed by atoms with Gasteiger partial charge in [0.15, 0.2) is 0 Å². The lowest BCUT2D eigenvalue weighted by Gasteiger charge is -2.13. The van der Waals surface area contributed by atoms with Crippen molar-refractivity contribution >= 4 is 29.1 Å². The predicted octanol–water partition coefficient (Wildman–Crippen LogP) is 4.70. The highest BCUT2D eigenvalue weighted by Crippen LogP contribution is 2.38. The molecule has 0 spiro atoms. The lowest BCUT2D eigenvalue weighted by Crippen LogP contribution is -2.30. The first-order chi connectivity index (χ1) is 13.5. The first-order valence-corrected chi connectivity index (χ1v) is 9.89. The van der Waals surface area contributed by atoms with Gasteiger partial charge in [0.1, 0.15) is 11.5 Å². The van der Waals surface area contributed by atoms with E-state index in [4.69, 9.17) is 8.83 Å². The molecule has 1 aromatic carbocycles. The Labute approximate surface area is 167 Å². The van der Waals surface area contributed by atoms with Crippen molar-refractivity contribution in [1.29, 1.82) is 0 Å². The number of nitrogens with zero attached hydrogens (tertiary/aromatic N) is 1. The van der Waals surface area contributed by atoms with Crippen LogP contribution in [-0.4, -0.2) is 16.7 Å². The lowest BCUT2D eigenvalue weighted by molar-refractivity contribution is -0.137. The van der Waals surface area contributed by atoms with E-state index in [1.807, 2.05) is 38.1 Å². The molecule has 4 rings (SSSR count). The van der Waals surface area contributed by atoms with Gasteiger partial charge in [0.2, 0.25) is 0 Å². The topological polar surface area (TPSA) is 63.7 Å². The Kier molecular flexibility index (Phi) is 4.96. The Morgan fingerprint density at radius 1 is 0.893 bits per heavy atom. The van der Waals surface area contributed by atoms with Crippen molar-refractivity contribution < 1.29 is 18.4 Å². The molecule has 28 heavy (non-hydrogen) atoms. The summed E-state index contributed by atoms with van der Waals surface area (Å²) in [6, 6.07) is 13.0. The van der Waals surface area contributed by atoms with Crippen molar-refractivity contribution in [3.05, 3.63) is 88.1 Å². The molecule has 0 radical (unpaired) electrons. The van der Waals surface area contributed by atoms with Gasteiger partial charge in [0.05, 0.1) is 35.3 Å². The minimum atomic E-state index is -0.300. The number of imide groups is 1. The molecule has 3 heterocycles. The monoisotopic (exact) mass is 393 g/mol. The van der Waals surface area contributed by atoms with E-state index in [0.29, 0.717) is 22.0 Å². The summed E-state index contributed by atoms with van der Waals surface area (Å²) < 4.78 is 10.7. The number of thioether (sulfide) groups is 1. The van der Waals surface area contributed by atoms with E-state index in [1.54, 1.807) is 24.5 Å². The van der Waals surface area contributed by atoms with Gasteiger partial charge in [-0.3, -0.25) is 14.5 Å². The van der Waals surface area contributed by atoms with Crippen molar-refractivity contribution in [2.75, 3.05) is 0 Å². The summed E-state index contributed by atoms with van der Waals surface area (Å²) in [4.78, 5) is 28.0. The van der Waals surface area contributed by atoms with E-state index < -0.39 is 0 Å². The van der Waals surface area contributed by atoms with E-state index in [-0.39, 0.29) is 18.4 Å². The Hall–Kier alpha value is -2.99. The molecule has 0 atom stereocenters. The Morgan fingerprint density at radius 3 is 2.25 bits per heavy atom. The van der Waals surface area contributed by atoms with Gasteiger partial charge in [-0.2, -0.15) is 0 Å². The number of hydrogen-bond acceptors (Lipinski definition) is 5. The number of aryl methyl sites for hydroxylation is 2. The number of amides is 2. The second-order valence-corrected chi connectivity index (χ2v) is 7.63. The number of carbonyl (C=O) groups excluding carboxylic acids is 2. The minimum Gasteiger partial charge on any atom is -0.468 e. The molecule has 0 saturated carbocycles. The van der Waals surface area contributed by atoms with Gasteiger partial charge in [-0.1, -0.05) is 18.2 Å². The standard InChI is InChI=1S/C22H19NO4S/c1-14-7-8-16(11-15(14)2)19-20(28-13-18-6-4-10-27-18)22(25)23(21(19)24)12-17-5-3-9-26-17/h3-11H,12-13H2,1-2H3. The van der Waals surface area contributed by atoms with Crippen LogP contribution in [0.1, 0.15) is 28.2 Å². The lowest BCUT2D eigenvalue weighted by atomic mass is 10.0. The summed E-state index contributed by atoms with van der Waals surface area (Å²) >= 11 is 1.33. The maximum absolute atomic E-state index is 13.2. The van der Waals surface area contributed by atoms with Crippen LogP contribution < -0.4 is 0 Å². The first-order valence-electron chi connectivity index (χ1n) is 8.90. The molecule has 2 aromatic heterocycles. The van der Waals surface area contributed by atoms with Crippen LogP contribution in [0.4, 0.5) is 0 Å². The van der Waals surface area contributed by atoms with Gasteiger partial charge in [0.25, 0.3) is 11.8 Å². The molecular formula is C22H19NO4S. The predicted molar refractivity (Wildman–Crippen MR) is 107 cm³/mol. The summed E-state index contributed by atoms with van der Waals surface area (Å²) in [5, 5.41) is 0. The molecule has 142 valence electrons. The molecule has 0 N–H and O–H groups in total. The van der Waals surface area contributed by atoms with Crippen LogP contribution in [0.5, 0.6) is 0 Å². The molecule has 0 aliphatic carbocycles. The average molecular weight is 393 g/mol. The second-order valence-electron chi connectivity index (χ2n) is 6.65. The SMILES string of the molecule is Cc1ccc(C2=C(SCc3ccco3)C(=O)N(Cc3ccco3)C2=O)cc1C. The van der Waals surface area contributed by atoms with Gasteiger partial charge in [-0.25, -0.2) is 0 Å². The third-order valence-electron chi connectivity index (χ3n) is 4.75. The third kappa shape index (κ3) is 3.43.